The minimum absolute atomic E-state index is 0.00667. The second-order valence-corrected chi connectivity index (χ2v) is 9.20. The van der Waals surface area contributed by atoms with Crippen molar-refractivity contribution in [2.24, 2.45) is 5.92 Å². The summed E-state index contributed by atoms with van der Waals surface area (Å²) in [6, 6.07) is 15.1. The number of urea groups is 1. The van der Waals surface area contributed by atoms with Crippen LogP contribution in [0.2, 0.25) is 0 Å². The lowest BCUT2D eigenvalue weighted by molar-refractivity contribution is -0.141. The molecule has 33 heavy (non-hydrogen) atoms. The smallest absolute Gasteiger partial charge is 0.326 e. The number of methoxy groups -OCH3 is 1. The molecule has 176 valence electrons. The quantitative estimate of drug-likeness (QED) is 0.414. The highest BCUT2D eigenvalue weighted by Gasteiger charge is 2.18. The Hall–Kier alpha value is -3.42. The molecule has 0 bridgehead atoms. The fraction of sp³-hybridized carbons (Fsp3) is 0.348. The van der Waals surface area contributed by atoms with Crippen LogP contribution in [0.5, 0.6) is 0 Å². The summed E-state index contributed by atoms with van der Waals surface area (Å²) in [5, 5.41) is 11.6. The van der Waals surface area contributed by atoms with Gasteiger partial charge >= 0.3 is 12.0 Å². The van der Waals surface area contributed by atoms with Gasteiger partial charge in [0.05, 0.1) is 38.1 Å². The molecule has 0 saturated carbocycles. The number of hydrogen-bond acceptors (Lipinski definition) is 7. The lowest BCUT2D eigenvalue weighted by atomic mass is 9.98. The summed E-state index contributed by atoms with van der Waals surface area (Å²) in [7, 11) is -2.30. The van der Waals surface area contributed by atoms with Crippen molar-refractivity contribution in [1.29, 1.82) is 5.26 Å². The van der Waals surface area contributed by atoms with Gasteiger partial charge in [0.1, 0.15) is 0 Å². The van der Waals surface area contributed by atoms with Crippen LogP contribution in [0.3, 0.4) is 0 Å². The lowest BCUT2D eigenvalue weighted by Gasteiger charge is -2.23. The van der Waals surface area contributed by atoms with E-state index in [1.807, 2.05) is 25.1 Å². The summed E-state index contributed by atoms with van der Waals surface area (Å²) < 4.78 is 32.1. The van der Waals surface area contributed by atoms with E-state index in [2.05, 4.69) is 5.32 Å². The number of benzene rings is 2. The highest BCUT2D eigenvalue weighted by Crippen LogP contribution is 2.20. The molecule has 0 heterocycles. The first kappa shape index (κ1) is 25.8. The molecular formula is C23H27N3O6S. The molecule has 10 heteroatoms. The van der Waals surface area contributed by atoms with Gasteiger partial charge in [-0.05, 0) is 54.3 Å². The van der Waals surface area contributed by atoms with Crippen LogP contribution in [-0.2, 0) is 30.3 Å². The fourth-order valence-electron chi connectivity index (χ4n) is 3.10. The molecule has 0 saturated heterocycles. The van der Waals surface area contributed by atoms with E-state index in [4.69, 9.17) is 14.2 Å². The number of amides is 2. The van der Waals surface area contributed by atoms with Gasteiger partial charge in [-0.3, -0.25) is 13.9 Å². The molecule has 2 aromatic rings. The molecule has 2 rings (SSSR count). The molecular weight excluding hydrogens is 446 g/mol. The molecule has 0 spiro atoms. The van der Waals surface area contributed by atoms with Gasteiger partial charge in [-0.2, -0.15) is 13.7 Å². The third-order valence-electron chi connectivity index (χ3n) is 4.70. The van der Waals surface area contributed by atoms with Gasteiger partial charge in [-0.1, -0.05) is 19.1 Å². The molecule has 1 unspecified atom stereocenters. The number of nitrogens with zero attached hydrogens (tertiary/aromatic N) is 2. The van der Waals surface area contributed by atoms with E-state index in [-0.39, 0.29) is 25.0 Å². The van der Waals surface area contributed by atoms with E-state index < -0.39 is 16.1 Å². The predicted octanol–water partition coefficient (Wildman–Crippen LogP) is 3.31. The normalized spacial score (nSPS) is 11.8. The van der Waals surface area contributed by atoms with Gasteiger partial charge in [0, 0.05) is 17.8 Å². The number of esters is 1. The van der Waals surface area contributed by atoms with Crippen LogP contribution in [-0.4, -0.2) is 46.9 Å². The number of ether oxygens (including phenoxy) is 1. The molecule has 0 aliphatic carbocycles. The van der Waals surface area contributed by atoms with Crippen LogP contribution in [0.1, 0.15) is 24.5 Å². The Labute approximate surface area is 194 Å². The van der Waals surface area contributed by atoms with Crippen molar-refractivity contribution in [3.05, 3.63) is 59.7 Å². The molecule has 0 radical (unpaired) electrons. The van der Waals surface area contributed by atoms with Gasteiger partial charge in [-0.25, -0.2) is 4.79 Å². The fourth-order valence-corrected chi connectivity index (χ4v) is 3.48. The second-order valence-electron chi connectivity index (χ2n) is 7.55. The average molecular weight is 474 g/mol. The van der Waals surface area contributed by atoms with Crippen molar-refractivity contribution >= 4 is 33.5 Å². The van der Waals surface area contributed by atoms with Gasteiger partial charge in [0.2, 0.25) is 0 Å². The maximum Gasteiger partial charge on any atom is 0.326 e. The highest BCUT2D eigenvalue weighted by molar-refractivity contribution is 7.85. The predicted molar refractivity (Wildman–Crippen MR) is 124 cm³/mol. The molecule has 0 fully saturated rings. The van der Waals surface area contributed by atoms with Gasteiger partial charge in [0.15, 0.2) is 0 Å². The first-order chi connectivity index (χ1) is 15.6. The molecule has 2 amide bonds. The van der Waals surface area contributed by atoms with Crippen molar-refractivity contribution in [2.45, 2.75) is 19.8 Å². The van der Waals surface area contributed by atoms with E-state index in [0.29, 0.717) is 29.8 Å². The zero-order chi connectivity index (χ0) is 24.4. The number of rotatable bonds is 10. The van der Waals surface area contributed by atoms with Crippen LogP contribution in [0.15, 0.2) is 48.5 Å². The zero-order valence-electron chi connectivity index (χ0n) is 18.8. The maximum absolute atomic E-state index is 12.9. The number of nitrogens with one attached hydrogen (secondary N) is 1. The zero-order valence-corrected chi connectivity index (χ0v) is 19.6. The summed E-state index contributed by atoms with van der Waals surface area (Å²) in [6.45, 7) is 1.73. The van der Waals surface area contributed by atoms with Crippen molar-refractivity contribution in [3.8, 4) is 6.07 Å². The summed E-state index contributed by atoms with van der Waals surface area (Å²) in [5.74, 6) is -0.183. The number of nitriles is 1. The Bertz CT molecular complexity index is 1090. The third kappa shape index (κ3) is 8.92. The largest absolute Gasteiger partial charge is 0.469 e. The summed E-state index contributed by atoms with van der Waals surface area (Å²) in [4.78, 5) is 25.7. The third-order valence-corrected chi connectivity index (χ3v) is 5.29. The first-order valence-corrected chi connectivity index (χ1v) is 12.0. The van der Waals surface area contributed by atoms with E-state index in [9.17, 15) is 18.0 Å². The minimum Gasteiger partial charge on any atom is -0.469 e. The van der Waals surface area contributed by atoms with Crippen molar-refractivity contribution in [2.75, 3.05) is 36.7 Å². The molecule has 0 aromatic heterocycles. The van der Waals surface area contributed by atoms with Crippen molar-refractivity contribution in [3.63, 3.8) is 0 Å². The van der Waals surface area contributed by atoms with E-state index in [1.165, 1.54) is 12.0 Å². The van der Waals surface area contributed by atoms with Crippen LogP contribution >= 0.6 is 0 Å². The van der Waals surface area contributed by atoms with Gasteiger partial charge < -0.3 is 10.1 Å². The summed E-state index contributed by atoms with van der Waals surface area (Å²) in [6.07, 6.45) is 1.91. The number of carbonyl (C=O) groups is 2. The monoisotopic (exact) mass is 473 g/mol. The number of carbonyl (C=O) groups excluding carboxylic acids is 2. The molecule has 0 aliphatic rings. The number of hydrogen-bond donors (Lipinski definition) is 1. The van der Waals surface area contributed by atoms with Crippen LogP contribution in [0.25, 0.3) is 0 Å². The van der Waals surface area contributed by atoms with Crippen LogP contribution in [0, 0.1) is 17.2 Å². The summed E-state index contributed by atoms with van der Waals surface area (Å²) in [5.41, 5.74) is 2.47. The first-order valence-electron chi connectivity index (χ1n) is 10.2. The molecule has 2 aromatic carbocycles. The van der Waals surface area contributed by atoms with E-state index in [0.717, 1.165) is 11.8 Å². The van der Waals surface area contributed by atoms with Crippen LogP contribution < -0.4 is 10.2 Å². The maximum atomic E-state index is 12.9. The second kappa shape index (κ2) is 12.0. The van der Waals surface area contributed by atoms with Gasteiger partial charge in [0.25, 0.3) is 10.1 Å². The van der Waals surface area contributed by atoms with Gasteiger partial charge in [-0.15, -0.1) is 0 Å². The molecule has 1 atom stereocenters. The molecule has 1 N–H and O–H groups in total. The topological polar surface area (TPSA) is 126 Å². The Morgan fingerprint density at radius 2 is 1.76 bits per heavy atom. The molecule has 0 aliphatic heterocycles. The van der Waals surface area contributed by atoms with Crippen molar-refractivity contribution in [1.82, 2.24) is 0 Å². The van der Waals surface area contributed by atoms with Crippen molar-refractivity contribution < 1.29 is 26.9 Å². The summed E-state index contributed by atoms with van der Waals surface area (Å²) >= 11 is 0. The Balaban J connectivity index is 2.15. The SMILES string of the molecule is COC(=O)CC(C)Cc1ccc(N(CCOS(C)(=O)=O)C(=O)Nc2ccc(C#N)cc2)cc1. The van der Waals surface area contributed by atoms with E-state index >= 15 is 0 Å². The Morgan fingerprint density at radius 1 is 1.12 bits per heavy atom. The lowest BCUT2D eigenvalue weighted by Crippen LogP contribution is -2.37. The Kier molecular flexibility index (Phi) is 9.39. The Morgan fingerprint density at radius 3 is 2.30 bits per heavy atom. The minimum atomic E-state index is -3.65. The average Bonchev–Trinajstić information content (AvgIpc) is 2.77. The molecule has 9 nitrogen and oxygen atoms in total. The van der Waals surface area contributed by atoms with Crippen LogP contribution in [0.4, 0.5) is 16.2 Å². The highest BCUT2D eigenvalue weighted by atomic mass is 32.2. The standard InChI is InChI=1S/C23H27N3O6S/c1-17(15-22(27)31-2)14-18-6-10-21(11-7-18)26(12-13-32-33(3,29)30)23(28)25-20-8-4-19(16-24)5-9-20/h4-11,17H,12-15H2,1-3H3,(H,25,28). The number of anilines is 2. The van der Waals surface area contributed by atoms with E-state index in [1.54, 1.807) is 36.4 Å².